The molecular weight excluding hydrogens is 579 g/mol. The SMILES string of the molecule is CSCC[C@H](NC(=O)c1ccc(CN(C)C(CC2CCCCC2)C(=O)N2CCSCC2)cc1-c1ccccc1C)C(=O)O. The smallest absolute Gasteiger partial charge is 0.326 e. The van der Waals surface area contributed by atoms with Crippen LogP contribution in [0.25, 0.3) is 11.1 Å². The molecule has 2 N–H and O–H groups in total. The first-order valence-electron chi connectivity index (χ1n) is 15.6. The van der Waals surface area contributed by atoms with Crippen molar-refractivity contribution in [2.45, 2.75) is 70.5 Å². The monoisotopic (exact) mass is 625 g/mol. The van der Waals surface area contributed by atoms with Crippen LogP contribution in [0.15, 0.2) is 42.5 Å². The molecule has 0 aromatic heterocycles. The van der Waals surface area contributed by atoms with Gasteiger partial charge in [0.05, 0.1) is 6.04 Å². The number of aliphatic carboxylic acids is 1. The number of carbonyl (C=O) groups is 3. The van der Waals surface area contributed by atoms with Gasteiger partial charge in [-0.2, -0.15) is 23.5 Å². The van der Waals surface area contributed by atoms with Gasteiger partial charge in [0.1, 0.15) is 6.04 Å². The maximum absolute atomic E-state index is 13.9. The highest BCUT2D eigenvalue weighted by Crippen LogP contribution is 2.32. The topological polar surface area (TPSA) is 90.0 Å². The molecule has 0 spiro atoms. The van der Waals surface area contributed by atoms with Gasteiger partial charge in [-0.25, -0.2) is 4.79 Å². The number of hydrogen-bond acceptors (Lipinski definition) is 6. The summed E-state index contributed by atoms with van der Waals surface area (Å²) in [6.45, 7) is 4.23. The number of hydrogen-bond donors (Lipinski definition) is 2. The van der Waals surface area contributed by atoms with Crippen LogP contribution in [0.1, 0.15) is 66.4 Å². The van der Waals surface area contributed by atoms with Gasteiger partial charge in [-0.05, 0) is 79.1 Å². The molecule has 1 aliphatic carbocycles. The van der Waals surface area contributed by atoms with E-state index < -0.39 is 12.0 Å². The number of nitrogens with one attached hydrogen (secondary N) is 1. The van der Waals surface area contributed by atoms with Crippen molar-refractivity contribution in [1.82, 2.24) is 15.1 Å². The molecule has 43 heavy (non-hydrogen) atoms. The van der Waals surface area contributed by atoms with Gasteiger partial charge in [0, 0.05) is 36.7 Å². The predicted molar refractivity (Wildman–Crippen MR) is 179 cm³/mol. The molecular formula is C34H47N3O4S2. The maximum Gasteiger partial charge on any atom is 0.326 e. The molecule has 2 aliphatic rings. The Morgan fingerprint density at radius 2 is 1.79 bits per heavy atom. The summed E-state index contributed by atoms with van der Waals surface area (Å²) >= 11 is 3.47. The molecule has 2 aromatic rings. The third-order valence-electron chi connectivity index (χ3n) is 8.83. The molecule has 2 amide bonds. The van der Waals surface area contributed by atoms with E-state index in [4.69, 9.17) is 0 Å². The molecule has 0 bridgehead atoms. The molecule has 9 heteroatoms. The molecule has 2 aromatic carbocycles. The van der Waals surface area contributed by atoms with Crippen LogP contribution in [-0.2, 0) is 16.1 Å². The molecule has 4 rings (SSSR count). The first-order chi connectivity index (χ1) is 20.8. The van der Waals surface area contributed by atoms with Crippen LogP contribution < -0.4 is 5.32 Å². The molecule has 2 fully saturated rings. The van der Waals surface area contributed by atoms with Gasteiger partial charge in [0.2, 0.25) is 5.91 Å². The van der Waals surface area contributed by atoms with E-state index in [9.17, 15) is 19.5 Å². The van der Waals surface area contributed by atoms with Crippen LogP contribution in [0.2, 0.25) is 0 Å². The summed E-state index contributed by atoms with van der Waals surface area (Å²) in [6, 6.07) is 12.6. The summed E-state index contributed by atoms with van der Waals surface area (Å²) < 4.78 is 0. The molecule has 1 saturated carbocycles. The number of rotatable bonds is 13. The molecule has 0 radical (unpaired) electrons. The number of carboxylic acids is 1. The lowest BCUT2D eigenvalue weighted by Crippen LogP contribution is -2.50. The molecule has 7 nitrogen and oxygen atoms in total. The Morgan fingerprint density at radius 1 is 1.07 bits per heavy atom. The first kappa shape index (κ1) is 33.4. The summed E-state index contributed by atoms with van der Waals surface area (Å²) in [4.78, 5) is 43.5. The first-order valence-corrected chi connectivity index (χ1v) is 18.1. The predicted octanol–water partition coefficient (Wildman–Crippen LogP) is 5.94. The number of aryl methyl sites for hydroxylation is 1. The van der Waals surface area contributed by atoms with Gasteiger partial charge >= 0.3 is 5.97 Å². The summed E-state index contributed by atoms with van der Waals surface area (Å²) in [5.74, 6) is 2.03. The lowest BCUT2D eigenvalue weighted by Gasteiger charge is -2.36. The van der Waals surface area contributed by atoms with Gasteiger partial charge in [-0.15, -0.1) is 0 Å². The quantitative estimate of drug-likeness (QED) is 0.285. The van der Waals surface area contributed by atoms with Crippen molar-refractivity contribution in [3.05, 3.63) is 59.2 Å². The molecule has 1 aliphatic heterocycles. The van der Waals surface area contributed by atoms with Crippen LogP contribution >= 0.6 is 23.5 Å². The van der Waals surface area contributed by atoms with E-state index in [1.807, 2.05) is 67.4 Å². The minimum atomic E-state index is -1.03. The van der Waals surface area contributed by atoms with Gasteiger partial charge in [-0.1, -0.05) is 62.4 Å². The summed E-state index contributed by atoms with van der Waals surface area (Å²) in [6.07, 6.45) is 9.35. The van der Waals surface area contributed by atoms with Crippen molar-refractivity contribution >= 4 is 41.3 Å². The zero-order valence-electron chi connectivity index (χ0n) is 25.8. The fraction of sp³-hybridized carbons (Fsp3) is 0.559. The normalized spacial score (nSPS) is 17.4. The summed E-state index contributed by atoms with van der Waals surface area (Å²) in [7, 11) is 2.06. The van der Waals surface area contributed by atoms with E-state index in [2.05, 4.69) is 22.2 Å². The molecule has 1 saturated heterocycles. The zero-order chi connectivity index (χ0) is 30.8. The van der Waals surface area contributed by atoms with Crippen LogP contribution in [-0.4, -0.2) is 88.4 Å². The van der Waals surface area contributed by atoms with Crippen molar-refractivity contribution in [1.29, 1.82) is 0 Å². The summed E-state index contributed by atoms with van der Waals surface area (Å²) in [5, 5.41) is 12.5. The van der Waals surface area contributed by atoms with Gasteiger partial charge in [0.15, 0.2) is 0 Å². The van der Waals surface area contributed by atoms with Crippen LogP contribution in [0.3, 0.4) is 0 Å². The number of carbonyl (C=O) groups excluding carboxylic acids is 2. The van der Waals surface area contributed by atoms with E-state index in [0.29, 0.717) is 30.2 Å². The minimum absolute atomic E-state index is 0.177. The van der Waals surface area contributed by atoms with E-state index in [-0.39, 0.29) is 17.9 Å². The summed E-state index contributed by atoms with van der Waals surface area (Å²) in [5.41, 5.74) is 4.22. The molecule has 234 valence electrons. The number of amides is 2. The third-order valence-corrected chi connectivity index (χ3v) is 10.4. The zero-order valence-corrected chi connectivity index (χ0v) is 27.5. The number of likely N-dealkylation sites (N-methyl/N-ethyl adjacent to an activating group) is 1. The Bertz CT molecular complexity index is 1240. The fourth-order valence-electron chi connectivity index (χ4n) is 6.32. The largest absolute Gasteiger partial charge is 0.480 e. The van der Waals surface area contributed by atoms with Crippen molar-refractivity contribution in [3.63, 3.8) is 0 Å². The minimum Gasteiger partial charge on any atom is -0.480 e. The van der Waals surface area contributed by atoms with Crippen molar-refractivity contribution in [2.24, 2.45) is 5.92 Å². The highest BCUT2D eigenvalue weighted by molar-refractivity contribution is 7.99. The standard InChI is InChI=1S/C34H47N3O4S2/c1-24-9-7-8-12-27(24)29-21-26(13-14-28(29)32(38)35-30(34(40)41)15-18-42-3)23-36(2)31(22-25-10-5-4-6-11-25)33(39)37-16-19-43-20-17-37/h7-9,12-14,21,25,30-31H,4-6,10-11,15-20,22-23H2,1-3H3,(H,35,38)(H,40,41)/t30-,31?/m0/s1. The molecule has 1 heterocycles. The van der Waals surface area contributed by atoms with Crippen molar-refractivity contribution in [2.75, 3.05) is 43.7 Å². The van der Waals surface area contributed by atoms with Gasteiger partial charge in [-0.3, -0.25) is 14.5 Å². The maximum atomic E-state index is 13.9. The second kappa shape index (κ2) is 16.5. The fourth-order valence-corrected chi connectivity index (χ4v) is 7.69. The number of nitrogens with zero attached hydrogens (tertiary/aromatic N) is 2. The third kappa shape index (κ3) is 9.25. The number of thioether (sulfide) groups is 2. The van der Waals surface area contributed by atoms with Crippen LogP contribution in [0.5, 0.6) is 0 Å². The number of carboxylic acid groups (broad SMARTS) is 1. The highest BCUT2D eigenvalue weighted by atomic mass is 32.2. The lowest BCUT2D eigenvalue weighted by atomic mass is 9.84. The van der Waals surface area contributed by atoms with Gasteiger partial charge < -0.3 is 15.3 Å². The Kier molecular flexibility index (Phi) is 12.9. The molecule has 2 atom stereocenters. The van der Waals surface area contributed by atoms with E-state index in [0.717, 1.165) is 53.3 Å². The Morgan fingerprint density at radius 3 is 2.47 bits per heavy atom. The van der Waals surface area contributed by atoms with Crippen LogP contribution in [0, 0.1) is 12.8 Å². The second-order valence-electron chi connectivity index (χ2n) is 11.9. The Hall–Kier alpha value is -2.49. The van der Waals surface area contributed by atoms with E-state index in [1.165, 1.54) is 32.1 Å². The van der Waals surface area contributed by atoms with E-state index in [1.54, 1.807) is 11.8 Å². The Labute approximate surface area is 265 Å². The van der Waals surface area contributed by atoms with E-state index >= 15 is 0 Å². The second-order valence-corrected chi connectivity index (χ2v) is 14.2. The van der Waals surface area contributed by atoms with Gasteiger partial charge in [0.25, 0.3) is 5.91 Å². The lowest BCUT2D eigenvalue weighted by molar-refractivity contribution is -0.139. The number of benzene rings is 2. The highest BCUT2D eigenvalue weighted by Gasteiger charge is 2.32. The van der Waals surface area contributed by atoms with Crippen LogP contribution in [0.4, 0.5) is 0 Å². The average Bonchev–Trinajstić information content (AvgIpc) is 3.02. The van der Waals surface area contributed by atoms with Crippen molar-refractivity contribution in [3.8, 4) is 11.1 Å². The Balaban J connectivity index is 1.61. The van der Waals surface area contributed by atoms with Crippen molar-refractivity contribution < 1.29 is 19.5 Å². The average molecular weight is 626 g/mol. The molecule has 1 unspecified atom stereocenters.